The molecule has 0 bridgehead atoms. The molecule has 0 saturated heterocycles. The molecule has 0 radical (unpaired) electrons. The zero-order valence-corrected chi connectivity index (χ0v) is 35.5. The van der Waals surface area contributed by atoms with Gasteiger partial charge in [0.1, 0.15) is 6.10 Å². The quantitative estimate of drug-likeness (QED) is 0.0494. The van der Waals surface area contributed by atoms with Crippen LogP contribution in [-0.2, 0) is 19.0 Å². The summed E-state index contributed by atoms with van der Waals surface area (Å²) in [6, 6.07) is 0. The van der Waals surface area contributed by atoms with Gasteiger partial charge in [-0.3, -0.25) is 4.79 Å². The fraction of sp³-hybridized carbons (Fsp3) is 0.956. The van der Waals surface area contributed by atoms with Crippen molar-refractivity contribution in [2.24, 2.45) is 5.41 Å². The summed E-state index contributed by atoms with van der Waals surface area (Å²) in [6.45, 7) is 14.6. The SMILES string of the molecule is CCCCCCCCCOC(=O)OCCCCCCN(CCO)CCCCCCC(C)(C)C(=O)OC(CCCCCCCC)CCCCCCCC. The summed E-state index contributed by atoms with van der Waals surface area (Å²) in [5.74, 6) is -0.00566. The maximum absolute atomic E-state index is 13.3. The highest BCUT2D eigenvalue weighted by atomic mass is 16.7. The Morgan fingerprint density at radius 3 is 1.35 bits per heavy atom. The van der Waals surface area contributed by atoms with Gasteiger partial charge in [0.2, 0.25) is 0 Å². The summed E-state index contributed by atoms with van der Waals surface area (Å²) in [6.07, 6.45) is 34.5. The van der Waals surface area contributed by atoms with E-state index in [-0.39, 0.29) is 18.7 Å². The highest BCUT2D eigenvalue weighted by Gasteiger charge is 2.30. The Hall–Kier alpha value is -1.34. The lowest BCUT2D eigenvalue weighted by molar-refractivity contribution is -0.161. The van der Waals surface area contributed by atoms with Crippen LogP contribution in [0, 0.1) is 5.41 Å². The molecule has 0 aromatic rings. The molecule has 0 rings (SSSR count). The summed E-state index contributed by atoms with van der Waals surface area (Å²) in [7, 11) is 0. The van der Waals surface area contributed by atoms with Gasteiger partial charge < -0.3 is 24.2 Å². The summed E-state index contributed by atoms with van der Waals surface area (Å²) in [5, 5.41) is 9.58. The lowest BCUT2D eigenvalue weighted by Gasteiger charge is -2.27. The minimum atomic E-state index is -0.533. The highest BCUT2D eigenvalue weighted by Crippen LogP contribution is 2.28. The van der Waals surface area contributed by atoms with Crippen molar-refractivity contribution in [3.8, 4) is 0 Å². The lowest BCUT2D eigenvalue weighted by atomic mass is 9.86. The fourth-order valence-electron chi connectivity index (χ4n) is 6.92. The van der Waals surface area contributed by atoms with Crippen molar-refractivity contribution >= 4 is 12.1 Å². The van der Waals surface area contributed by atoms with Gasteiger partial charge >= 0.3 is 12.1 Å². The largest absolute Gasteiger partial charge is 0.508 e. The number of hydrogen-bond acceptors (Lipinski definition) is 7. The van der Waals surface area contributed by atoms with Crippen molar-refractivity contribution < 1.29 is 28.9 Å². The maximum Gasteiger partial charge on any atom is 0.508 e. The third-order valence-electron chi connectivity index (χ3n) is 10.6. The van der Waals surface area contributed by atoms with Crippen LogP contribution in [0.4, 0.5) is 4.79 Å². The van der Waals surface area contributed by atoms with E-state index in [4.69, 9.17) is 14.2 Å². The second-order valence-corrected chi connectivity index (χ2v) is 16.2. The van der Waals surface area contributed by atoms with Gasteiger partial charge in [-0.25, -0.2) is 4.79 Å². The minimum absolute atomic E-state index is 0.00566. The average Bonchev–Trinajstić information content (AvgIpc) is 3.12. The number of carbonyl (C=O) groups excluding carboxylic acids is 2. The van der Waals surface area contributed by atoms with Gasteiger partial charge in [0.25, 0.3) is 0 Å². The Kier molecular flexibility index (Phi) is 37.0. The van der Waals surface area contributed by atoms with Crippen LogP contribution in [0.3, 0.4) is 0 Å². The van der Waals surface area contributed by atoms with Crippen LogP contribution in [0.15, 0.2) is 0 Å². The van der Waals surface area contributed by atoms with Gasteiger partial charge in [-0.15, -0.1) is 0 Å². The first-order valence-corrected chi connectivity index (χ1v) is 22.6. The average molecular weight is 740 g/mol. The summed E-state index contributed by atoms with van der Waals surface area (Å²) >= 11 is 0. The van der Waals surface area contributed by atoms with Crippen LogP contribution in [0.5, 0.6) is 0 Å². The molecule has 7 nitrogen and oxygen atoms in total. The van der Waals surface area contributed by atoms with E-state index < -0.39 is 11.6 Å². The molecular weight excluding hydrogens is 650 g/mol. The van der Waals surface area contributed by atoms with Crippen LogP contribution in [-0.4, -0.2) is 67.7 Å². The molecule has 7 heteroatoms. The van der Waals surface area contributed by atoms with Crippen LogP contribution in [0.25, 0.3) is 0 Å². The molecule has 0 saturated carbocycles. The molecule has 0 amide bonds. The molecule has 0 aromatic carbocycles. The fourth-order valence-corrected chi connectivity index (χ4v) is 6.92. The van der Waals surface area contributed by atoms with E-state index in [1.165, 1.54) is 96.3 Å². The second kappa shape index (κ2) is 38.0. The normalized spacial score (nSPS) is 11.8. The molecule has 0 atom stereocenters. The predicted molar refractivity (Wildman–Crippen MR) is 220 cm³/mol. The number of carbonyl (C=O) groups is 2. The van der Waals surface area contributed by atoms with Crippen molar-refractivity contribution in [3.63, 3.8) is 0 Å². The van der Waals surface area contributed by atoms with Crippen LogP contribution >= 0.6 is 0 Å². The first-order valence-electron chi connectivity index (χ1n) is 22.6. The Morgan fingerprint density at radius 1 is 0.519 bits per heavy atom. The lowest BCUT2D eigenvalue weighted by Crippen LogP contribution is -2.31. The molecule has 52 heavy (non-hydrogen) atoms. The first-order chi connectivity index (χ1) is 25.3. The highest BCUT2D eigenvalue weighted by molar-refractivity contribution is 5.76. The molecular formula is C45H89NO6. The number of aliphatic hydroxyl groups is 1. The molecule has 0 aromatic heterocycles. The number of esters is 1. The summed E-state index contributed by atoms with van der Waals surface area (Å²) in [5.41, 5.74) is -0.442. The summed E-state index contributed by atoms with van der Waals surface area (Å²) < 4.78 is 16.6. The number of aliphatic hydroxyl groups excluding tert-OH is 1. The van der Waals surface area contributed by atoms with Gasteiger partial charge in [-0.05, 0) is 84.7 Å². The maximum atomic E-state index is 13.3. The Morgan fingerprint density at radius 2 is 0.904 bits per heavy atom. The zero-order valence-electron chi connectivity index (χ0n) is 35.5. The van der Waals surface area contributed by atoms with E-state index in [0.717, 1.165) is 109 Å². The smallest absolute Gasteiger partial charge is 0.462 e. The monoisotopic (exact) mass is 740 g/mol. The Bertz CT molecular complexity index is 759. The molecule has 0 aliphatic rings. The Balaban J connectivity index is 4.18. The van der Waals surface area contributed by atoms with Crippen molar-refractivity contribution in [2.75, 3.05) is 39.5 Å². The minimum Gasteiger partial charge on any atom is -0.462 e. The van der Waals surface area contributed by atoms with Gasteiger partial charge in [0.05, 0.1) is 25.2 Å². The molecule has 310 valence electrons. The van der Waals surface area contributed by atoms with Crippen molar-refractivity contribution in [2.45, 2.75) is 233 Å². The summed E-state index contributed by atoms with van der Waals surface area (Å²) in [4.78, 5) is 27.5. The predicted octanol–water partition coefficient (Wildman–Crippen LogP) is 13.1. The molecule has 0 fully saturated rings. The van der Waals surface area contributed by atoms with E-state index in [9.17, 15) is 14.7 Å². The van der Waals surface area contributed by atoms with Gasteiger partial charge in [-0.2, -0.15) is 0 Å². The van der Waals surface area contributed by atoms with Crippen molar-refractivity contribution in [1.29, 1.82) is 0 Å². The first kappa shape index (κ1) is 50.7. The van der Waals surface area contributed by atoms with Crippen molar-refractivity contribution in [3.05, 3.63) is 0 Å². The van der Waals surface area contributed by atoms with Gasteiger partial charge in [0.15, 0.2) is 0 Å². The third kappa shape index (κ3) is 33.2. The molecule has 0 spiro atoms. The number of hydrogen-bond donors (Lipinski definition) is 1. The topological polar surface area (TPSA) is 85.3 Å². The third-order valence-corrected chi connectivity index (χ3v) is 10.6. The van der Waals surface area contributed by atoms with Crippen molar-refractivity contribution in [1.82, 2.24) is 4.90 Å². The van der Waals surface area contributed by atoms with E-state index >= 15 is 0 Å². The molecule has 0 aliphatic carbocycles. The number of ether oxygens (including phenoxy) is 3. The molecule has 1 N–H and O–H groups in total. The number of rotatable bonds is 40. The Labute approximate surface area is 323 Å². The van der Waals surface area contributed by atoms with E-state index in [0.29, 0.717) is 19.8 Å². The van der Waals surface area contributed by atoms with Crippen LogP contribution in [0.1, 0.15) is 227 Å². The van der Waals surface area contributed by atoms with Crippen LogP contribution in [0.2, 0.25) is 0 Å². The van der Waals surface area contributed by atoms with E-state index in [1.807, 2.05) is 0 Å². The van der Waals surface area contributed by atoms with Gasteiger partial charge in [-0.1, -0.05) is 156 Å². The molecule has 0 aliphatic heterocycles. The van der Waals surface area contributed by atoms with E-state index in [2.05, 4.69) is 39.5 Å². The molecule has 0 heterocycles. The number of unbranched alkanes of at least 4 members (excludes halogenated alkanes) is 22. The second-order valence-electron chi connectivity index (χ2n) is 16.2. The van der Waals surface area contributed by atoms with Crippen LogP contribution < -0.4 is 0 Å². The standard InChI is InChI=1S/C45H89NO6/c1-6-9-12-15-18-24-31-40-50-44(49)51-41-32-25-23-30-37-46(38-39-47)36-29-22-21-28-35-45(4,5)43(48)52-42(33-26-19-16-13-10-7-2)34-27-20-17-14-11-8-3/h42,47H,6-41H2,1-5H3. The van der Waals surface area contributed by atoms with Gasteiger partial charge in [0, 0.05) is 6.54 Å². The number of nitrogens with zero attached hydrogens (tertiary/aromatic N) is 1. The zero-order chi connectivity index (χ0) is 38.4. The van der Waals surface area contributed by atoms with E-state index in [1.54, 1.807) is 0 Å². The molecule has 0 unspecified atom stereocenters.